The highest BCUT2D eigenvalue weighted by atomic mass is 16.1. The fraction of sp³-hybridized carbons (Fsp3) is 0.562. The summed E-state index contributed by atoms with van der Waals surface area (Å²) >= 11 is 0. The second-order valence-electron chi connectivity index (χ2n) is 6.96. The summed E-state index contributed by atoms with van der Waals surface area (Å²) in [4.78, 5) is 15.3. The number of fused-ring (bicyclic) bond motifs is 4. The van der Waals surface area contributed by atoms with E-state index in [-0.39, 0.29) is 5.69 Å². The van der Waals surface area contributed by atoms with Crippen molar-refractivity contribution in [2.75, 3.05) is 19.6 Å². The molecule has 3 aliphatic heterocycles. The maximum Gasteiger partial charge on any atom is 0.481 e. The number of aryl methyl sites for hydroxylation is 1. The van der Waals surface area contributed by atoms with Crippen LogP contribution in [0.3, 0.4) is 0 Å². The lowest BCUT2D eigenvalue weighted by atomic mass is 9.75. The van der Waals surface area contributed by atoms with E-state index in [0.717, 1.165) is 48.7 Å². The van der Waals surface area contributed by atoms with Gasteiger partial charge >= 0.3 is 13.7 Å². The van der Waals surface area contributed by atoms with Gasteiger partial charge in [0.1, 0.15) is 0 Å². The number of hydrogen-bond donors (Lipinski definition) is 1. The molecule has 0 spiro atoms. The summed E-state index contributed by atoms with van der Waals surface area (Å²) in [6.45, 7) is 6.04. The largest absolute Gasteiger partial charge is 0.481 e. The molecule has 4 heterocycles. The van der Waals surface area contributed by atoms with E-state index in [9.17, 15) is 4.79 Å². The SMILES string of the molecule is [B][N+]12CCC(CC1)C(Cn1c(=O)[nH]c3c(C)cccc31)C2. The van der Waals surface area contributed by atoms with Gasteiger partial charge in [0.25, 0.3) is 0 Å². The summed E-state index contributed by atoms with van der Waals surface area (Å²) in [5.41, 5.74) is 3.14. The molecule has 0 amide bonds. The molecular weight excluding hydrogens is 261 g/mol. The van der Waals surface area contributed by atoms with Crippen molar-refractivity contribution >= 4 is 19.0 Å². The number of quaternary nitrogens is 1. The number of rotatable bonds is 2. The van der Waals surface area contributed by atoms with Gasteiger partial charge in [-0.15, -0.1) is 0 Å². The van der Waals surface area contributed by atoms with Gasteiger partial charge in [-0.2, -0.15) is 0 Å². The average molecular weight is 282 g/mol. The molecule has 3 aliphatic rings. The standard InChI is InChI=1S/C16H21BN3O/c1-11-3-2-4-14-15(11)18-16(21)19(14)9-13-10-20(17)7-5-12(13)6-8-20/h2-4,12-13H,5-10H2,1H3,(H,18,21)/q+1. The molecule has 5 heteroatoms. The highest BCUT2D eigenvalue weighted by Crippen LogP contribution is 2.37. The molecule has 1 aromatic carbocycles. The van der Waals surface area contributed by atoms with Gasteiger partial charge in [-0.05, 0) is 37.3 Å². The normalized spacial score (nSPS) is 31.9. The van der Waals surface area contributed by atoms with E-state index in [4.69, 9.17) is 7.98 Å². The van der Waals surface area contributed by atoms with Crippen LogP contribution in [0.5, 0.6) is 0 Å². The van der Waals surface area contributed by atoms with E-state index in [1.165, 1.54) is 12.8 Å². The third kappa shape index (κ3) is 2.06. The summed E-state index contributed by atoms with van der Waals surface area (Å²) in [7, 11) is 6.43. The molecule has 1 atom stereocenters. The molecule has 1 N–H and O–H groups in total. The second kappa shape index (κ2) is 4.50. The fourth-order valence-corrected chi connectivity index (χ4v) is 4.32. The number of nitrogens with one attached hydrogen (secondary N) is 1. The number of para-hydroxylation sites is 1. The number of aromatic amines is 1. The van der Waals surface area contributed by atoms with Gasteiger partial charge in [-0.1, -0.05) is 12.1 Å². The number of benzene rings is 1. The van der Waals surface area contributed by atoms with Gasteiger partial charge in [0.2, 0.25) is 0 Å². The molecule has 3 fully saturated rings. The van der Waals surface area contributed by atoms with Crippen molar-refractivity contribution < 1.29 is 4.39 Å². The number of imidazole rings is 1. The van der Waals surface area contributed by atoms with Gasteiger partial charge in [-0.3, -0.25) is 4.57 Å². The zero-order valence-electron chi connectivity index (χ0n) is 12.5. The third-order valence-electron chi connectivity index (χ3n) is 5.59. The highest BCUT2D eigenvalue weighted by Gasteiger charge is 2.43. The topological polar surface area (TPSA) is 37.8 Å². The Morgan fingerprint density at radius 2 is 2.14 bits per heavy atom. The lowest BCUT2D eigenvalue weighted by Gasteiger charge is -2.51. The molecule has 5 rings (SSSR count). The van der Waals surface area contributed by atoms with Gasteiger partial charge in [0.05, 0.1) is 30.7 Å². The van der Waals surface area contributed by atoms with Crippen molar-refractivity contribution in [2.45, 2.75) is 26.3 Å². The van der Waals surface area contributed by atoms with Gasteiger partial charge in [0, 0.05) is 12.5 Å². The van der Waals surface area contributed by atoms with Crippen molar-refractivity contribution in [1.82, 2.24) is 9.55 Å². The lowest BCUT2D eigenvalue weighted by Crippen LogP contribution is -2.61. The van der Waals surface area contributed by atoms with Crippen LogP contribution in [0.4, 0.5) is 0 Å². The monoisotopic (exact) mass is 282 g/mol. The smallest absolute Gasteiger partial charge is 0.396 e. The summed E-state index contributed by atoms with van der Waals surface area (Å²) in [5, 5.41) is 0. The highest BCUT2D eigenvalue weighted by molar-refractivity contribution is 5.97. The number of piperidine rings is 3. The summed E-state index contributed by atoms with van der Waals surface area (Å²) in [5.74, 6) is 1.25. The third-order valence-corrected chi connectivity index (χ3v) is 5.59. The Hall–Kier alpha value is -1.49. The molecule has 2 bridgehead atoms. The lowest BCUT2D eigenvalue weighted by molar-refractivity contribution is -0.841. The summed E-state index contributed by atoms with van der Waals surface area (Å²) in [6, 6.07) is 6.10. The predicted molar refractivity (Wildman–Crippen MR) is 84.1 cm³/mol. The van der Waals surface area contributed by atoms with Gasteiger partial charge in [-0.25, -0.2) is 4.79 Å². The minimum absolute atomic E-state index is 0.0133. The zero-order chi connectivity index (χ0) is 14.6. The number of hydrogen-bond acceptors (Lipinski definition) is 1. The Morgan fingerprint density at radius 1 is 1.38 bits per heavy atom. The average Bonchev–Trinajstić information content (AvgIpc) is 2.78. The molecule has 108 valence electrons. The maximum atomic E-state index is 12.3. The Morgan fingerprint density at radius 3 is 2.86 bits per heavy atom. The van der Waals surface area contributed by atoms with Crippen LogP contribution >= 0.6 is 0 Å². The molecule has 2 aromatic rings. The molecule has 1 unspecified atom stereocenters. The molecular formula is C16H21BN3O+. The van der Waals surface area contributed by atoms with Crippen molar-refractivity contribution in [2.24, 2.45) is 11.8 Å². The van der Waals surface area contributed by atoms with E-state index in [0.29, 0.717) is 10.3 Å². The van der Waals surface area contributed by atoms with Crippen LogP contribution in [0.25, 0.3) is 11.0 Å². The van der Waals surface area contributed by atoms with Crippen LogP contribution in [-0.4, -0.2) is 41.6 Å². The number of aromatic nitrogens is 2. The molecule has 0 aliphatic carbocycles. The van der Waals surface area contributed by atoms with Crippen molar-refractivity contribution in [3.8, 4) is 0 Å². The van der Waals surface area contributed by atoms with Crippen molar-refractivity contribution in [3.05, 3.63) is 34.2 Å². The van der Waals surface area contributed by atoms with Gasteiger partial charge < -0.3 is 9.38 Å². The summed E-state index contributed by atoms with van der Waals surface area (Å²) < 4.78 is 2.62. The van der Waals surface area contributed by atoms with Crippen molar-refractivity contribution in [3.63, 3.8) is 0 Å². The Labute approximate surface area is 125 Å². The molecule has 4 nitrogen and oxygen atoms in total. The minimum Gasteiger partial charge on any atom is -0.396 e. The Balaban J connectivity index is 1.71. The van der Waals surface area contributed by atoms with Crippen LogP contribution in [0.15, 0.2) is 23.0 Å². The van der Waals surface area contributed by atoms with E-state index in [1.54, 1.807) is 0 Å². The Kier molecular flexibility index (Phi) is 2.83. The zero-order valence-corrected chi connectivity index (χ0v) is 12.5. The first kappa shape index (κ1) is 13.2. The first-order valence-corrected chi connectivity index (χ1v) is 7.88. The quantitative estimate of drug-likeness (QED) is 0.834. The van der Waals surface area contributed by atoms with Crippen LogP contribution in [0.2, 0.25) is 0 Å². The van der Waals surface area contributed by atoms with E-state index in [2.05, 4.69) is 4.98 Å². The first-order chi connectivity index (χ1) is 10.1. The van der Waals surface area contributed by atoms with Crippen LogP contribution in [0.1, 0.15) is 18.4 Å². The van der Waals surface area contributed by atoms with Crippen LogP contribution < -0.4 is 5.69 Å². The molecule has 21 heavy (non-hydrogen) atoms. The molecule has 3 saturated heterocycles. The van der Waals surface area contributed by atoms with Crippen molar-refractivity contribution in [1.29, 1.82) is 0 Å². The molecule has 2 radical (unpaired) electrons. The van der Waals surface area contributed by atoms with Crippen LogP contribution in [-0.2, 0) is 6.54 Å². The maximum absolute atomic E-state index is 12.3. The van der Waals surface area contributed by atoms with E-state index < -0.39 is 0 Å². The summed E-state index contributed by atoms with van der Waals surface area (Å²) in [6.07, 6.45) is 2.41. The second-order valence-corrected chi connectivity index (χ2v) is 6.96. The fourth-order valence-electron chi connectivity index (χ4n) is 4.32. The van der Waals surface area contributed by atoms with E-state index in [1.807, 2.05) is 29.7 Å². The van der Waals surface area contributed by atoms with E-state index >= 15 is 0 Å². The number of nitrogens with zero attached hydrogens (tertiary/aromatic N) is 2. The predicted octanol–water partition coefficient (Wildman–Crippen LogP) is 1.58. The Bertz CT molecular complexity index is 740. The van der Waals surface area contributed by atoms with Gasteiger partial charge in [0.15, 0.2) is 0 Å². The molecule has 1 aromatic heterocycles. The minimum atomic E-state index is 0.0133. The number of H-pyrrole nitrogens is 1. The first-order valence-electron chi connectivity index (χ1n) is 7.88. The molecule has 0 saturated carbocycles. The van der Waals surface area contributed by atoms with Crippen LogP contribution in [0, 0.1) is 18.8 Å².